The maximum atomic E-state index is 4.73. The fraction of sp³-hybridized carbons (Fsp3) is 0.650. The van der Waals surface area contributed by atoms with Crippen LogP contribution in [0.1, 0.15) is 32.3 Å². The molecule has 0 aromatic heterocycles. The minimum Gasteiger partial charge on any atom is -0.357 e. The Bertz CT molecular complexity index is 544. The van der Waals surface area contributed by atoms with E-state index in [1.54, 1.807) is 0 Å². The third-order valence-corrected chi connectivity index (χ3v) is 5.41. The average Bonchev–Trinajstić information content (AvgIpc) is 2.65. The second kappa shape index (κ2) is 13.7. The molecule has 1 aromatic carbocycles. The summed E-state index contributed by atoms with van der Waals surface area (Å²) in [5.41, 5.74) is 1.38. The summed E-state index contributed by atoms with van der Waals surface area (Å²) in [6, 6.07) is 9.17. The number of nitrogens with one attached hydrogen (secondary N) is 2. The molecule has 0 atom stereocenters. The number of halogens is 2. The third-order valence-electron chi connectivity index (χ3n) is 4.88. The number of likely N-dealkylation sites (tertiary alicyclic amines) is 1. The van der Waals surface area contributed by atoms with Gasteiger partial charge in [0.1, 0.15) is 0 Å². The van der Waals surface area contributed by atoms with Crippen LogP contribution in [0.5, 0.6) is 0 Å². The predicted octanol–water partition coefficient (Wildman–Crippen LogP) is 3.54. The van der Waals surface area contributed by atoms with Gasteiger partial charge in [-0.1, -0.05) is 35.0 Å². The van der Waals surface area contributed by atoms with Crippen molar-refractivity contribution < 1.29 is 0 Å². The summed E-state index contributed by atoms with van der Waals surface area (Å²) in [6.07, 6.45) is 2.33. The van der Waals surface area contributed by atoms with Gasteiger partial charge in [-0.05, 0) is 51.1 Å². The summed E-state index contributed by atoms with van der Waals surface area (Å²) < 4.78 is 1.14. The van der Waals surface area contributed by atoms with Crippen LogP contribution >= 0.6 is 39.9 Å². The Labute approximate surface area is 190 Å². The molecule has 1 fully saturated rings. The van der Waals surface area contributed by atoms with E-state index in [0.29, 0.717) is 6.04 Å². The van der Waals surface area contributed by atoms with Gasteiger partial charge >= 0.3 is 0 Å². The Balaban J connectivity index is 0.00000364. The quantitative estimate of drug-likeness (QED) is 0.295. The standard InChI is InChI=1S/C20H34BrN5.HI/c1-4-22-20(23-12-15-25(3)5-2)24-19-10-13-26(14-11-19)16-17-6-8-18(21)9-7-17;/h6-9,19H,4-5,10-16H2,1-3H3,(H2,22,23,24);1H. The van der Waals surface area contributed by atoms with E-state index in [4.69, 9.17) is 4.99 Å². The molecule has 27 heavy (non-hydrogen) atoms. The molecule has 154 valence electrons. The average molecular weight is 552 g/mol. The Morgan fingerprint density at radius 3 is 2.48 bits per heavy atom. The van der Waals surface area contributed by atoms with E-state index < -0.39 is 0 Å². The van der Waals surface area contributed by atoms with Gasteiger partial charge in [0.15, 0.2) is 5.96 Å². The lowest BCUT2D eigenvalue weighted by molar-refractivity contribution is 0.198. The van der Waals surface area contributed by atoms with E-state index in [9.17, 15) is 0 Å². The van der Waals surface area contributed by atoms with Crippen molar-refractivity contribution in [2.24, 2.45) is 4.99 Å². The lowest BCUT2D eigenvalue weighted by Gasteiger charge is -2.33. The highest BCUT2D eigenvalue weighted by atomic mass is 127. The van der Waals surface area contributed by atoms with Crippen molar-refractivity contribution in [2.45, 2.75) is 39.3 Å². The van der Waals surface area contributed by atoms with Crippen molar-refractivity contribution in [1.29, 1.82) is 0 Å². The van der Waals surface area contributed by atoms with Crippen molar-refractivity contribution >= 4 is 45.9 Å². The van der Waals surface area contributed by atoms with E-state index in [1.807, 2.05) is 0 Å². The first-order valence-electron chi connectivity index (χ1n) is 9.81. The molecule has 1 aromatic rings. The number of piperidine rings is 1. The van der Waals surface area contributed by atoms with Crippen LogP contribution in [-0.4, -0.2) is 68.1 Å². The topological polar surface area (TPSA) is 42.9 Å². The number of hydrogen-bond acceptors (Lipinski definition) is 3. The zero-order chi connectivity index (χ0) is 18.8. The number of aliphatic imine (C=N–C) groups is 1. The van der Waals surface area contributed by atoms with Gasteiger partial charge in [-0.3, -0.25) is 9.89 Å². The molecule has 0 spiro atoms. The van der Waals surface area contributed by atoms with Crippen LogP contribution in [0.4, 0.5) is 0 Å². The zero-order valence-corrected chi connectivity index (χ0v) is 20.8. The lowest BCUT2D eigenvalue weighted by atomic mass is 10.0. The van der Waals surface area contributed by atoms with E-state index >= 15 is 0 Å². The van der Waals surface area contributed by atoms with Gasteiger partial charge in [0, 0.05) is 43.2 Å². The second-order valence-corrected chi connectivity index (χ2v) is 7.89. The molecule has 2 rings (SSSR count). The van der Waals surface area contributed by atoms with Crippen molar-refractivity contribution in [3.05, 3.63) is 34.3 Å². The SMILES string of the molecule is CCNC(=NCCN(C)CC)NC1CCN(Cc2ccc(Br)cc2)CC1.I. The predicted molar refractivity (Wildman–Crippen MR) is 130 cm³/mol. The van der Waals surface area contributed by atoms with Gasteiger partial charge in [-0.25, -0.2) is 0 Å². The molecular formula is C20H35BrIN5. The van der Waals surface area contributed by atoms with Crippen LogP contribution < -0.4 is 10.6 Å². The molecule has 1 heterocycles. The van der Waals surface area contributed by atoms with E-state index in [1.165, 1.54) is 5.56 Å². The van der Waals surface area contributed by atoms with Gasteiger partial charge in [0.2, 0.25) is 0 Å². The van der Waals surface area contributed by atoms with Gasteiger partial charge in [-0.2, -0.15) is 0 Å². The first-order valence-corrected chi connectivity index (χ1v) is 10.6. The van der Waals surface area contributed by atoms with Crippen molar-refractivity contribution in [1.82, 2.24) is 20.4 Å². The van der Waals surface area contributed by atoms with Gasteiger partial charge in [0.05, 0.1) is 6.54 Å². The Morgan fingerprint density at radius 1 is 1.22 bits per heavy atom. The maximum Gasteiger partial charge on any atom is 0.191 e. The summed E-state index contributed by atoms with van der Waals surface area (Å²) in [6.45, 7) is 11.4. The summed E-state index contributed by atoms with van der Waals surface area (Å²) in [5.74, 6) is 0.961. The molecule has 2 N–H and O–H groups in total. The molecule has 0 bridgehead atoms. The normalized spacial score (nSPS) is 16.3. The highest BCUT2D eigenvalue weighted by Crippen LogP contribution is 2.16. The first-order chi connectivity index (χ1) is 12.6. The highest BCUT2D eigenvalue weighted by molar-refractivity contribution is 14.0. The first kappa shape index (κ1) is 24.7. The number of guanidine groups is 1. The van der Waals surface area contributed by atoms with Gasteiger partial charge < -0.3 is 15.5 Å². The molecule has 0 amide bonds. The van der Waals surface area contributed by atoms with Crippen LogP contribution in [0.3, 0.4) is 0 Å². The molecule has 0 saturated carbocycles. The Morgan fingerprint density at radius 2 is 1.89 bits per heavy atom. The van der Waals surface area contributed by atoms with Crippen LogP contribution in [0.15, 0.2) is 33.7 Å². The number of hydrogen-bond donors (Lipinski definition) is 2. The van der Waals surface area contributed by atoms with Crippen molar-refractivity contribution in [3.8, 4) is 0 Å². The monoisotopic (exact) mass is 551 g/mol. The maximum absolute atomic E-state index is 4.73. The van der Waals surface area contributed by atoms with Crippen LogP contribution in [0.25, 0.3) is 0 Å². The number of nitrogens with zero attached hydrogens (tertiary/aromatic N) is 3. The van der Waals surface area contributed by atoms with E-state index in [2.05, 4.69) is 81.5 Å². The fourth-order valence-corrected chi connectivity index (χ4v) is 3.35. The summed E-state index contributed by atoms with van der Waals surface area (Å²) in [7, 11) is 2.14. The molecule has 0 radical (unpaired) electrons. The second-order valence-electron chi connectivity index (χ2n) is 6.98. The molecule has 1 aliphatic heterocycles. The number of benzene rings is 1. The Kier molecular flexibility index (Phi) is 12.5. The number of rotatable bonds is 8. The molecule has 1 aliphatic rings. The highest BCUT2D eigenvalue weighted by Gasteiger charge is 2.20. The molecule has 5 nitrogen and oxygen atoms in total. The molecule has 1 saturated heterocycles. The van der Waals surface area contributed by atoms with Crippen molar-refractivity contribution in [3.63, 3.8) is 0 Å². The summed E-state index contributed by atoms with van der Waals surface area (Å²) in [4.78, 5) is 9.55. The van der Waals surface area contributed by atoms with Crippen LogP contribution in [-0.2, 0) is 6.54 Å². The molecule has 0 unspecified atom stereocenters. The molecule has 7 heteroatoms. The number of likely N-dealkylation sites (N-methyl/N-ethyl adjacent to an activating group) is 1. The zero-order valence-electron chi connectivity index (χ0n) is 16.9. The third kappa shape index (κ3) is 9.58. The largest absolute Gasteiger partial charge is 0.357 e. The van der Waals surface area contributed by atoms with Crippen LogP contribution in [0, 0.1) is 0 Å². The summed E-state index contributed by atoms with van der Waals surface area (Å²) >= 11 is 3.50. The smallest absolute Gasteiger partial charge is 0.191 e. The minimum atomic E-state index is 0. The Hall–Kier alpha value is -0.380. The van der Waals surface area contributed by atoms with E-state index in [0.717, 1.165) is 69.1 Å². The molecule has 0 aliphatic carbocycles. The van der Waals surface area contributed by atoms with Gasteiger partial charge in [-0.15, -0.1) is 24.0 Å². The van der Waals surface area contributed by atoms with Crippen LogP contribution in [0.2, 0.25) is 0 Å². The van der Waals surface area contributed by atoms with Crippen molar-refractivity contribution in [2.75, 3.05) is 46.3 Å². The lowest BCUT2D eigenvalue weighted by Crippen LogP contribution is -2.48. The molecular weight excluding hydrogens is 517 g/mol. The summed E-state index contributed by atoms with van der Waals surface area (Å²) in [5, 5.41) is 7.01. The fourth-order valence-electron chi connectivity index (χ4n) is 3.09. The minimum absolute atomic E-state index is 0. The van der Waals surface area contributed by atoms with E-state index in [-0.39, 0.29) is 24.0 Å². The van der Waals surface area contributed by atoms with Gasteiger partial charge in [0.25, 0.3) is 0 Å².